The van der Waals surface area contributed by atoms with Gasteiger partial charge in [0.2, 0.25) is 11.8 Å². The van der Waals surface area contributed by atoms with E-state index in [0.717, 1.165) is 16.7 Å². The van der Waals surface area contributed by atoms with Crippen LogP contribution in [0.4, 0.5) is 4.39 Å². The highest BCUT2D eigenvalue weighted by Gasteiger charge is 2.40. The molecule has 3 aliphatic rings. The van der Waals surface area contributed by atoms with Gasteiger partial charge in [-0.15, -0.1) is 0 Å². The largest absolute Gasteiger partial charge is 0.330 e. The van der Waals surface area contributed by atoms with Crippen LogP contribution in [0.15, 0.2) is 66.7 Å². The molecule has 3 aromatic rings. The normalized spacial score (nSPS) is 21.0. The van der Waals surface area contributed by atoms with Gasteiger partial charge >= 0.3 is 0 Å². The molecule has 0 bridgehead atoms. The van der Waals surface area contributed by atoms with Crippen LogP contribution in [0.5, 0.6) is 0 Å². The summed E-state index contributed by atoms with van der Waals surface area (Å²) < 4.78 is 14.3. The number of piperidine rings is 1. The van der Waals surface area contributed by atoms with Crippen molar-refractivity contribution in [2.75, 3.05) is 26.3 Å². The Kier molecular flexibility index (Phi) is 7.79. The van der Waals surface area contributed by atoms with Gasteiger partial charge in [0.1, 0.15) is 12.7 Å². The highest BCUT2D eigenvalue weighted by molar-refractivity contribution is 6.30. The number of hydrogen-bond acceptors (Lipinski definition) is 5. The van der Waals surface area contributed by atoms with E-state index in [9.17, 15) is 23.6 Å². The summed E-state index contributed by atoms with van der Waals surface area (Å²) in [6.45, 7) is 1.47. The van der Waals surface area contributed by atoms with Crippen molar-refractivity contribution in [1.29, 1.82) is 0 Å². The number of piperazine rings is 1. The summed E-state index contributed by atoms with van der Waals surface area (Å²) in [4.78, 5) is 55.7. The zero-order valence-electron chi connectivity index (χ0n) is 22.9. The zero-order chi connectivity index (χ0) is 29.4. The molecule has 0 aliphatic carbocycles. The van der Waals surface area contributed by atoms with Gasteiger partial charge in [-0.2, -0.15) is 0 Å². The minimum atomic E-state index is -0.726. The summed E-state index contributed by atoms with van der Waals surface area (Å²) in [5.74, 6) is -1.41. The van der Waals surface area contributed by atoms with Crippen LogP contribution >= 0.6 is 11.6 Å². The van der Waals surface area contributed by atoms with Crippen LogP contribution in [-0.2, 0) is 22.7 Å². The number of hydrogen-bond donors (Lipinski definition) is 1. The molecular formula is C32H30ClFN4O4. The van der Waals surface area contributed by atoms with Gasteiger partial charge in [-0.1, -0.05) is 48.0 Å². The third-order valence-electron chi connectivity index (χ3n) is 8.34. The molecule has 10 heteroatoms. The highest BCUT2D eigenvalue weighted by Crippen LogP contribution is 2.30. The summed E-state index contributed by atoms with van der Waals surface area (Å²) in [6, 6.07) is 19.3. The fourth-order valence-corrected chi connectivity index (χ4v) is 6.27. The van der Waals surface area contributed by atoms with Crippen LogP contribution in [0.2, 0.25) is 5.02 Å². The third kappa shape index (κ3) is 5.42. The monoisotopic (exact) mass is 588 g/mol. The lowest BCUT2D eigenvalue weighted by Gasteiger charge is -2.40. The first-order valence-corrected chi connectivity index (χ1v) is 14.4. The number of rotatable bonds is 6. The van der Waals surface area contributed by atoms with Gasteiger partial charge < -0.3 is 9.80 Å². The fourth-order valence-electron chi connectivity index (χ4n) is 6.15. The SMILES string of the molecule is O=C1CCC(N2Cc3cc(C(=O)N4CCN(Cc5ccccc5-c5ccc(Cl)cc5)CC4CF)ccc3C2=O)C(=O)N1. The van der Waals surface area contributed by atoms with Gasteiger partial charge in [0.05, 0.1) is 6.04 Å². The Morgan fingerprint density at radius 3 is 2.52 bits per heavy atom. The molecule has 2 saturated heterocycles. The topological polar surface area (TPSA) is 90.0 Å². The molecule has 42 heavy (non-hydrogen) atoms. The van der Waals surface area contributed by atoms with E-state index in [1.807, 2.05) is 36.4 Å². The molecule has 2 atom stereocenters. The molecule has 3 aromatic carbocycles. The second-order valence-electron chi connectivity index (χ2n) is 11.0. The van der Waals surface area contributed by atoms with E-state index < -0.39 is 24.7 Å². The van der Waals surface area contributed by atoms with Crippen LogP contribution in [0.25, 0.3) is 11.1 Å². The zero-order valence-corrected chi connectivity index (χ0v) is 23.6. The molecule has 4 amide bonds. The standard InChI is InChI=1S/C32H30ClFN4O4/c33-24-8-5-20(6-9-24)26-4-2-1-3-22(26)17-36-13-14-37(25(16-34)19-36)31(41)21-7-10-27-23(15-21)18-38(32(27)42)28-11-12-29(39)35-30(28)40/h1-10,15,25,28H,11-14,16-19H2,(H,35,39,40). The molecule has 0 spiro atoms. The Morgan fingerprint density at radius 1 is 0.976 bits per heavy atom. The van der Waals surface area contributed by atoms with E-state index in [1.165, 1.54) is 4.90 Å². The smallest absolute Gasteiger partial charge is 0.255 e. The van der Waals surface area contributed by atoms with Crippen molar-refractivity contribution in [1.82, 2.24) is 20.0 Å². The van der Waals surface area contributed by atoms with Gasteiger partial charge in [0.25, 0.3) is 11.8 Å². The summed E-state index contributed by atoms with van der Waals surface area (Å²) in [6.07, 6.45) is 0.437. The van der Waals surface area contributed by atoms with E-state index in [-0.39, 0.29) is 37.1 Å². The molecule has 6 rings (SSSR count). The molecule has 1 N–H and O–H groups in total. The maximum Gasteiger partial charge on any atom is 0.255 e. The van der Waals surface area contributed by atoms with Crippen molar-refractivity contribution in [3.8, 4) is 11.1 Å². The predicted octanol–water partition coefficient (Wildman–Crippen LogP) is 4.06. The Morgan fingerprint density at radius 2 is 1.76 bits per heavy atom. The van der Waals surface area contributed by atoms with Gasteiger partial charge in [-0.3, -0.25) is 29.4 Å². The third-order valence-corrected chi connectivity index (χ3v) is 8.59. The van der Waals surface area contributed by atoms with Crippen LogP contribution in [-0.4, -0.2) is 76.7 Å². The van der Waals surface area contributed by atoms with Crippen molar-refractivity contribution in [3.63, 3.8) is 0 Å². The van der Waals surface area contributed by atoms with Crippen LogP contribution in [0.1, 0.15) is 44.7 Å². The van der Waals surface area contributed by atoms with Crippen LogP contribution in [0.3, 0.4) is 0 Å². The van der Waals surface area contributed by atoms with E-state index >= 15 is 0 Å². The number of nitrogens with zero attached hydrogens (tertiary/aromatic N) is 3. The second-order valence-corrected chi connectivity index (χ2v) is 11.4. The number of amides is 4. The molecule has 0 radical (unpaired) electrons. The molecule has 216 valence electrons. The van der Waals surface area contributed by atoms with Crippen LogP contribution in [0, 0.1) is 0 Å². The van der Waals surface area contributed by atoms with Crippen molar-refractivity contribution >= 4 is 35.2 Å². The number of benzene rings is 3. The molecule has 3 heterocycles. The molecule has 0 saturated carbocycles. The van der Waals surface area contributed by atoms with Crippen molar-refractivity contribution in [2.24, 2.45) is 0 Å². The second kappa shape index (κ2) is 11.7. The minimum Gasteiger partial charge on any atom is -0.330 e. The maximum atomic E-state index is 14.3. The first kappa shape index (κ1) is 28.1. The summed E-state index contributed by atoms with van der Waals surface area (Å²) in [7, 11) is 0. The molecular weight excluding hydrogens is 559 g/mol. The Hall–Kier alpha value is -4.08. The summed E-state index contributed by atoms with van der Waals surface area (Å²) in [5.41, 5.74) is 4.71. The fraction of sp³-hybridized carbons (Fsp3) is 0.312. The average molecular weight is 589 g/mol. The Bertz CT molecular complexity index is 1560. The first-order valence-electron chi connectivity index (χ1n) is 14.0. The van der Waals surface area contributed by atoms with Crippen molar-refractivity contribution < 1.29 is 23.6 Å². The number of alkyl halides is 1. The lowest BCUT2D eigenvalue weighted by Crippen LogP contribution is -2.55. The van der Waals surface area contributed by atoms with Crippen molar-refractivity contribution in [2.45, 2.75) is 38.0 Å². The van der Waals surface area contributed by atoms with Gasteiger partial charge in [0, 0.05) is 55.3 Å². The number of fused-ring (bicyclic) bond motifs is 1. The van der Waals surface area contributed by atoms with E-state index in [0.29, 0.717) is 47.9 Å². The van der Waals surface area contributed by atoms with Gasteiger partial charge in [0.15, 0.2) is 0 Å². The number of nitrogens with one attached hydrogen (secondary N) is 1. The average Bonchev–Trinajstić information content (AvgIpc) is 3.32. The van der Waals surface area contributed by atoms with E-state index in [1.54, 1.807) is 23.1 Å². The van der Waals surface area contributed by atoms with Gasteiger partial charge in [-0.25, -0.2) is 4.39 Å². The Balaban J connectivity index is 1.14. The van der Waals surface area contributed by atoms with Crippen molar-refractivity contribution in [3.05, 3.63) is 94.0 Å². The number of carbonyl (C=O) groups excluding carboxylic acids is 4. The molecule has 0 aromatic heterocycles. The number of carbonyl (C=O) groups is 4. The molecule has 2 unspecified atom stereocenters. The lowest BCUT2D eigenvalue weighted by atomic mass is 9.98. The maximum absolute atomic E-state index is 14.3. The number of imide groups is 1. The van der Waals surface area contributed by atoms with Gasteiger partial charge in [-0.05, 0) is 59.0 Å². The summed E-state index contributed by atoms with van der Waals surface area (Å²) in [5, 5.41) is 2.96. The first-order chi connectivity index (χ1) is 20.3. The predicted molar refractivity (Wildman–Crippen MR) is 155 cm³/mol. The quantitative estimate of drug-likeness (QED) is 0.439. The van der Waals surface area contributed by atoms with E-state index in [4.69, 9.17) is 11.6 Å². The number of halogens is 2. The minimum absolute atomic E-state index is 0.170. The summed E-state index contributed by atoms with van der Waals surface area (Å²) >= 11 is 6.07. The highest BCUT2D eigenvalue weighted by atomic mass is 35.5. The molecule has 2 fully saturated rings. The van der Waals surface area contributed by atoms with E-state index in [2.05, 4.69) is 22.3 Å². The van der Waals surface area contributed by atoms with Crippen LogP contribution < -0.4 is 5.32 Å². The molecule has 8 nitrogen and oxygen atoms in total. The Labute approximate surface area is 248 Å². The lowest BCUT2D eigenvalue weighted by molar-refractivity contribution is -0.136. The molecule has 3 aliphatic heterocycles.